The summed E-state index contributed by atoms with van der Waals surface area (Å²) in [5.74, 6) is -3.96. The molecule has 0 spiro atoms. The summed E-state index contributed by atoms with van der Waals surface area (Å²) in [5.41, 5.74) is 0. The fourth-order valence-corrected chi connectivity index (χ4v) is 6.95. The summed E-state index contributed by atoms with van der Waals surface area (Å²) in [6.07, 6.45) is -31.7. The molecule has 12 N–H and O–H groups in total. The molecule has 4 aliphatic rings. The van der Waals surface area contributed by atoms with Gasteiger partial charge in [-0.3, -0.25) is 14.4 Å². The lowest BCUT2D eigenvalue weighted by atomic mass is 9.92. The van der Waals surface area contributed by atoms with Gasteiger partial charge in [0.1, 0.15) is 79.3 Å². The number of methoxy groups -OCH3 is 1. The Morgan fingerprint density at radius 2 is 1.05 bits per heavy atom. The third-order valence-corrected chi connectivity index (χ3v) is 9.72. The van der Waals surface area contributed by atoms with E-state index in [9.17, 15) is 65.1 Å². The van der Waals surface area contributed by atoms with E-state index in [1.165, 1.54) is 14.0 Å². The molecule has 4 heterocycles. The molecule has 0 aromatic rings. The van der Waals surface area contributed by atoms with Crippen molar-refractivity contribution >= 4 is 23.7 Å². The van der Waals surface area contributed by atoms with E-state index in [2.05, 4.69) is 16.0 Å². The van der Waals surface area contributed by atoms with Crippen molar-refractivity contribution in [3.63, 3.8) is 0 Å². The van der Waals surface area contributed by atoms with Crippen LogP contribution in [0.4, 0.5) is 0 Å². The first-order valence-corrected chi connectivity index (χ1v) is 17.3. The Balaban J connectivity index is 1.63. The van der Waals surface area contributed by atoms with Crippen LogP contribution in [-0.2, 0) is 57.1 Å². The highest BCUT2D eigenvalue weighted by Crippen LogP contribution is 2.35. The monoisotopic (exact) mass is 801 g/mol. The highest BCUT2D eigenvalue weighted by Gasteiger charge is 2.57. The molecule has 0 saturated carbocycles. The molecular weight excluding hydrogens is 750 g/mol. The van der Waals surface area contributed by atoms with Gasteiger partial charge in [0.25, 0.3) is 5.91 Å². The Bertz CT molecular complexity index is 1330. The first-order valence-electron chi connectivity index (χ1n) is 17.3. The second kappa shape index (κ2) is 19.1. The number of rotatable bonds is 13. The number of carbonyl (C=O) groups is 4. The summed E-state index contributed by atoms with van der Waals surface area (Å²) < 4.78 is 44.9. The van der Waals surface area contributed by atoms with Gasteiger partial charge >= 0.3 is 5.97 Å². The van der Waals surface area contributed by atoms with Crippen LogP contribution in [0, 0.1) is 0 Å². The number of carboxylic acids is 1. The fourth-order valence-electron chi connectivity index (χ4n) is 6.95. The number of carboxylic acid groups (broad SMARTS) is 1. The van der Waals surface area contributed by atoms with E-state index in [4.69, 9.17) is 37.9 Å². The van der Waals surface area contributed by atoms with Crippen molar-refractivity contribution in [1.29, 1.82) is 0 Å². The van der Waals surface area contributed by atoms with Gasteiger partial charge in [0.15, 0.2) is 31.1 Å². The van der Waals surface area contributed by atoms with E-state index < -0.39 is 159 Å². The highest BCUT2D eigenvalue weighted by atomic mass is 16.8. The Labute approximate surface area is 313 Å². The Morgan fingerprint density at radius 3 is 1.53 bits per heavy atom. The minimum Gasteiger partial charge on any atom is -0.479 e. The number of nitrogens with one attached hydrogen (secondary N) is 3. The number of carbonyl (C=O) groups excluding carboxylic acids is 3. The van der Waals surface area contributed by atoms with Gasteiger partial charge in [0.05, 0.1) is 25.4 Å². The summed E-state index contributed by atoms with van der Waals surface area (Å²) in [7, 11) is 2.41. The van der Waals surface area contributed by atoms with Gasteiger partial charge in [0.2, 0.25) is 11.8 Å². The molecule has 0 radical (unpaired) electrons. The molecule has 316 valence electrons. The van der Waals surface area contributed by atoms with Crippen LogP contribution >= 0.6 is 0 Å². The molecular formula is C31H51N3O21. The van der Waals surface area contributed by atoms with Crippen LogP contribution in [-0.4, -0.2) is 220 Å². The van der Waals surface area contributed by atoms with Crippen LogP contribution in [0.15, 0.2) is 0 Å². The topological polar surface area (TPSA) is 360 Å². The molecule has 4 saturated heterocycles. The van der Waals surface area contributed by atoms with E-state index in [-0.39, 0.29) is 0 Å². The second-order valence-corrected chi connectivity index (χ2v) is 13.5. The van der Waals surface area contributed by atoms with E-state index in [0.29, 0.717) is 0 Å². The smallest absolute Gasteiger partial charge is 0.335 e. The first-order chi connectivity index (χ1) is 25.9. The van der Waals surface area contributed by atoms with E-state index >= 15 is 0 Å². The van der Waals surface area contributed by atoms with Crippen LogP contribution in [0.25, 0.3) is 0 Å². The summed E-state index contributed by atoms with van der Waals surface area (Å²) in [6, 6.07) is -2.81. The standard InChI is InChI=1S/C31H51N3O21/c1-8-13(33-9(2)37)21(15(39)11(6-35)49-8)51-31-20(44)18(42)24(26(55-31)28(46)47)53-29-14(34-10(3)38)22(16(40)12(7-36)50-29)52-30-19(43)17(41)23(48-5)25(54-30)27(45)32-4/h8,11-26,29-31,35-36,39-44H,6-7H2,1-5H3,(H,32,45)(H,33,37)(H,34,38)(H,46,47)/t8-,11?,12?,13?,14?,15?,16?,17?,18?,19?,20?,21?,22?,23?,24?,25?,26?,29?,30?,31?/m1/s1. The molecule has 0 aromatic heterocycles. The van der Waals surface area contributed by atoms with Gasteiger partial charge in [0, 0.05) is 28.0 Å². The van der Waals surface area contributed by atoms with Crippen molar-refractivity contribution in [2.75, 3.05) is 27.4 Å². The van der Waals surface area contributed by atoms with Crippen molar-refractivity contribution in [3.8, 4) is 0 Å². The molecule has 4 rings (SSSR count). The predicted molar refractivity (Wildman–Crippen MR) is 173 cm³/mol. The first kappa shape index (κ1) is 44.9. The van der Waals surface area contributed by atoms with Gasteiger partial charge in [-0.05, 0) is 6.92 Å². The molecule has 4 aliphatic heterocycles. The number of aliphatic hydroxyl groups is 8. The van der Waals surface area contributed by atoms with Crippen LogP contribution in [0.1, 0.15) is 20.8 Å². The number of ether oxygens (including phenoxy) is 8. The SMILES string of the molecule is CNC(=O)C1OC(OC2C(O)C(CO)OC(OC3C(C(=O)O)OC(OC4C(O)C(CO)O[C@H](C)C4NC(C)=O)C(O)C3O)C2NC(C)=O)C(O)C(O)C1OC. The van der Waals surface area contributed by atoms with Crippen molar-refractivity contribution < 1.29 is 103 Å². The molecule has 20 atom stereocenters. The maximum Gasteiger partial charge on any atom is 0.335 e. The average molecular weight is 802 g/mol. The Hall–Kier alpha value is -2.76. The average Bonchev–Trinajstić information content (AvgIpc) is 3.13. The van der Waals surface area contributed by atoms with Crippen LogP contribution < -0.4 is 16.0 Å². The lowest BCUT2D eigenvalue weighted by molar-refractivity contribution is -0.366. The highest BCUT2D eigenvalue weighted by molar-refractivity contribution is 5.81. The predicted octanol–water partition coefficient (Wildman–Crippen LogP) is -7.89. The third kappa shape index (κ3) is 9.69. The summed E-state index contributed by atoms with van der Waals surface area (Å²) in [4.78, 5) is 49.5. The van der Waals surface area contributed by atoms with Crippen LogP contribution in [0.3, 0.4) is 0 Å². The van der Waals surface area contributed by atoms with Gasteiger partial charge in [-0.2, -0.15) is 0 Å². The van der Waals surface area contributed by atoms with Crippen molar-refractivity contribution in [2.45, 2.75) is 143 Å². The number of hydrogen-bond donors (Lipinski definition) is 12. The van der Waals surface area contributed by atoms with Gasteiger partial charge in [-0.25, -0.2) is 4.79 Å². The molecule has 0 bridgehead atoms. The van der Waals surface area contributed by atoms with Crippen LogP contribution in [0.2, 0.25) is 0 Å². The molecule has 19 unspecified atom stereocenters. The lowest BCUT2D eigenvalue weighted by Gasteiger charge is -2.50. The second-order valence-electron chi connectivity index (χ2n) is 13.5. The lowest BCUT2D eigenvalue weighted by Crippen LogP contribution is -2.70. The van der Waals surface area contributed by atoms with Gasteiger partial charge in [-0.15, -0.1) is 0 Å². The third-order valence-electron chi connectivity index (χ3n) is 9.72. The number of aliphatic carboxylic acids is 1. The minimum absolute atomic E-state index is 0.577. The molecule has 24 nitrogen and oxygen atoms in total. The molecule has 0 aliphatic carbocycles. The number of aliphatic hydroxyl groups excluding tert-OH is 8. The molecule has 3 amide bonds. The number of likely N-dealkylation sites (N-methyl/N-ethyl adjacent to an activating group) is 1. The minimum atomic E-state index is -2.21. The molecule has 0 aromatic carbocycles. The van der Waals surface area contributed by atoms with E-state index in [1.54, 1.807) is 0 Å². The molecule has 4 fully saturated rings. The zero-order chi connectivity index (χ0) is 41.0. The number of amides is 3. The molecule has 24 heteroatoms. The summed E-state index contributed by atoms with van der Waals surface area (Å²) >= 11 is 0. The maximum atomic E-state index is 12.6. The normalized spacial score (nSPS) is 45.0. The zero-order valence-corrected chi connectivity index (χ0v) is 30.4. The Morgan fingerprint density at radius 1 is 0.600 bits per heavy atom. The summed E-state index contributed by atoms with van der Waals surface area (Å²) in [6.45, 7) is 2.05. The largest absolute Gasteiger partial charge is 0.479 e. The molecule has 55 heavy (non-hydrogen) atoms. The van der Waals surface area contributed by atoms with Crippen molar-refractivity contribution in [1.82, 2.24) is 16.0 Å². The fraction of sp³-hybridized carbons (Fsp3) is 0.871. The number of hydrogen-bond acceptors (Lipinski definition) is 20. The van der Waals surface area contributed by atoms with Crippen molar-refractivity contribution in [3.05, 3.63) is 0 Å². The van der Waals surface area contributed by atoms with Gasteiger partial charge in [-0.1, -0.05) is 0 Å². The van der Waals surface area contributed by atoms with E-state index in [0.717, 1.165) is 21.0 Å². The maximum absolute atomic E-state index is 12.6. The Kier molecular flexibility index (Phi) is 15.6. The van der Waals surface area contributed by atoms with E-state index in [1.807, 2.05) is 0 Å². The quantitative estimate of drug-likeness (QED) is 0.0823. The zero-order valence-electron chi connectivity index (χ0n) is 30.4. The van der Waals surface area contributed by atoms with Crippen LogP contribution in [0.5, 0.6) is 0 Å². The van der Waals surface area contributed by atoms with Gasteiger partial charge < -0.3 is 99.8 Å². The summed E-state index contributed by atoms with van der Waals surface area (Å²) in [5, 5.41) is 103. The van der Waals surface area contributed by atoms with Crippen molar-refractivity contribution in [2.24, 2.45) is 0 Å².